The van der Waals surface area contributed by atoms with Crippen molar-refractivity contribution in [1.82, 2.24) is 24.6 Å². The Morgan fingerprint density at radius 1 is 1.36 bits per heavy atom. The molecule has 1 saturated heterocycles. The van der Waals surface area contributed by atoms with Crippen LogP contribution in [0.3, 0.4) is 0 Å². The van der Waals surface area contributed by atoms with E-state index in [0.717, 1.165) is 18.5 Å². The fourth-order valence-electron chi connectivity index (χ4n) is 3.79. The lowest BCUT2D eigenvalue weighted by Gasteiger charge is -2.26. The number of benzene rings is 1. The highest BCUT2D eigenvalue weighted by atomic mass is 35.5. The Labute approximate surface area is 167 Å². The van der Waals surface area contributed by atoms with Gasteiger partial charge in [-0.2, -0.15) is 5.10 Å². The van der Waals surface area contributed by atoms with E-state index in [1.807, 2.05) is 13.1 Å². The molecule has 0 saturated carbocycles. The Morgan fingerprint density at radius 2 is 2.21 bits per heavy atom. The molecule has 3 heterocycles. The third-order valence-corrected chi connectivity index (χ3v) is 5.48. The standard InChI is InChI=1S/C19H21ClFN7/c1-27-8-5-13(17(27)12-3-4-14(20)15(21)9-12)10-23-18-16(22)19(25-11-24-18)28-7-2-6-26-28/h2-4,6-7,9,11,13,17H,5,8,10,22H2,1H3,(H,23,24,25). The predicted molar refractivity (Wildman–Crippen MR) is 107 cm³/mol. The molecular formula is C19H21ClFN7. The smallest absolute Gasteiger partial charge is 0.181 e. The van der Waals surface area contributed by atoms with Crippen LogP contribution in [0.4, 0.5) is 15.9 Å². The molecule has 0 radical (unpaired) electrons. The summed E-state index contributed by atoms with van der Waals surface area (Å²) in [5, 5.41) is 7.65. The first kappa shape index (κ1) is 18.6. The van der Waals surface area contributed by atoms with Crippen molar-refractivity contribution in [2.45, 2.75) is 12.5 Å². The Kier molecular flexibility index (Phi) is 5.15. The molecule has 0 bridgehead atoms. The van der Waals surface area contributed by atoms with Crippen molar-refractivity contribution in [2.75, 3.05) is 31.2 Å². The molecule has 1 fully saturated rings. The lowest BCUT2D eigenvalue weighted by atomic mass is 9.93. The molecule has 2 aromatic heterocycles. The topological polar surface area (TPSA) is 84.9 Å². The molecule has 1 aliphatic heterocycles. The second kappa shape index (κ2) is 7.73. The summed E-state index contributed by atoms with van der Waals surface area (Å²) in [6, 6.07) is 6.92. The number of likely N-dealkylation sites (tertiary alicyclic amines) is 1. The molecule has 146 valence electrons. The van der Waals surface area contributed by atoms with Crippen molar-refractivity contribution in [3.05, 3.63) is 59.4 Å². The summed E-state index contributed by atoms with van der Waals surface area (Å²) in [6.45, 7) is 1.58. The lowest BCUT2D eigenvalue weighted by Crippen LogP contribution is -2.25. The third-order valence-electron chi connectivity index (χ3n) is 5.18. The Hall–Kier alpha value is -2.71. The van der Waals surface area contributed by atoms with Gasteiger partial charge in [0.1, 0.15) is 17.8 Å². The molecule has 7 nitrogen and oxygen atoms in total. The van der Waals surface area contributed by atoms with E-state index in [1.165, 1.54) is 12.4 Å². The van der Waals surface area contributed by atoms with E-state index < -0.39 is 5.82 Å². The quantitative estimate of drug-likeness (QED) is 0.683. The molecule has 1 aliphatic rings. The maximum absolute atomic E-state index is 14.0. The monoisotopic (exact) mass is 401 g/mol. The van der Waals surface area contributed by atoms with Gasteiger partial charge in [-0.15, -0.1) is 0 Å². The average Bonchev–Trinajstić information content (AvgIpc) is 3.33. The number of aromatic nitrogens is 4. The van der Waals surface area contributed by atoms with Gasteiger partial charge in [0.25, 0.3) is 0 Å². The average molecular weight is 402 g/mol. The molecule has 0 spiro atoms. The summed E-state index contributed by atoms with van der Waals surface area (Å²) in [4.78, 5) is 10.7. The molecule has 1 aromatic carbocycles. The lowest BCUT2D eigenvalue weighted by molar-refractivity contribution is 0.281. The first-order valence-electron chi connectivity index (χ1n) is 9.04. The number of hydrogen-bond acceptors (Lipinski definition) is 6. The number of nitrogens with zero attached hydrogens (tertiary/aromatic N) is 5. The van der Waals surface area contributed by atoms with Crippen LogP contribution in [0.5, 0.6) is 0 Å². The van der Waals surface area contributed by atoms with Crippen molar-refractivity contribution in [3.63, 3.8) is 0 Å². The van der Waals surface area contributed by atoms with Crippen molar-refractivity contribution < 1.29 is 4.39 Å². The van der Waals surface area contributed by atoms with E-state index in [0.29, 0.717) is 23.9 Å². The van der Waals surface area contributed by atoms with Crippen LogP contribution < -0.4 is 11.1 Å². The van der Waals surface area contributed by atoms with Gasteiger partial charge in [-0.05, 0) is 49.7 Å². The van der Waals surface area contributed by atoms with E-state index in [4.69, 9.17) is 17.3 Å². The van der Waals surface area contributed by atoms with Gasteiger partial charge >= 0.3 is 0 Å². The zero-order valence-corrected chi connectivity index (χ0v) is 16.1. The number of nitrogen functional groups attached to an aromatic ring is 1. The summed E-state index contributed by atoms with van der Waals surface area (Å²) in [5.74, 6) is 0.974. The number of nitrogens with two attached hydrogens (primary N) is 1. The maximum atomic E-state index is 14.0. The first-order chi connectivity index (χ1) is 13.5. The van der Waals surface area contributed by atoms with Gasteiger partial charge in [-0.3, -0.25) is 4.90 Å². The van der Waals surface area contributed by atoms with E-state index >= 15 is 0 Å². The second-order valence-electron chi connectivity index (χ2n) is 6.94. The molecule has 3 aromatic rings. The molecule has 2 unspecified atom stereocenters. The summed E-state index contributed by atoms with van der Waals surface area (Å²) >= 11 is 5.84. The van der Waals surface area contributed by atoms with Gasteiger partial charge in [0.15, 0.2) is 11.6 Å². The summed E-state index contributed by atoms with van der Waals surface area (Å²) in [7, 11) is 2.05. The minimum absolute atomic E-state index is 0.0907. The zero-order chi connectivity index (χ0) is 19.7. The first-order valence-corrected chi connectivity index (χ1v) is 9.42. The van der Waals surface area contributed by atoms with Crippen LogP contribution in [0.25, 0.3) is 5.82 Å². The number of anilines is 2. The van der Waals surface area contributed by atoms with Crippen LogP contribution in [0.2, 0.25) is 5.02 Å². The highest BCUT2D eigenvalue weighted by Gasteiger charge is 2.33. The van der Waals surface area contributed by atoms with Crippen LogP contribution in [0.1, 0.15) is 18.0 Å². The van der Waals surface area contributed by atoms with E-state index in [2.05, 4.69) is 25.3 Å². The molecule has 9 heteroatoms. The van der Waals surface area contributed by atoms with Gasteiger partial charge in [-0.25, -0.2) is 19.0 Å². The van der Waals surface area contributed by atoms with Crippen molar-refractivity contribution >= 4 is 23.1 Å². The van der Waals surface area contributed by atoms with Crippen LogP contribution in [0, 0.1) is 11.7 Å². The van der Waals surface area contributed by atoms with Gasteiger partial charge in [0.2, 0.25) is 0 Å². The highest BCUT2D eigenvalue weighted by Crippen LogP contribution is 2.37. The van der Waals surface area contributed by atoms with Gasteiger partial charge in [-0.1, -0.05) is 17.7 Å². The highest BCUT2D eigenvalue weighted by molar-refractivity contribution is 6.30. The van der Waals surface area contributed by atoms with E-state index in [1.54, 1.807) is 29.2 Å². The van der Waals surface area contributed by atoms with Crippen molar-refractivity contribution in [1.29, 1.82) is 0 Å². The second-order valence-corrected chi connectivity index (χ2v) is 7.35. The SMILES string of the molecule is CN1CCC(CNc2ncnc(-n3cccn3)c2N)C1c1ccc(Cl)c(F)c1. The summed E-state index contributed by atoms with van der Waals surface area (Å²) in [6.07, 6.45) is 5.89. The normalized spacial score (nSPS) is 19.8. The number of halogens is 2. The van der Waals surface area contributed by atoms with Crippen molar-refractivity contribution in [2.24, 2.45) is 5.92 Å². The number of nitrogens with one attached hydrogen (secondary N) is 1. The zero-order valence-electron chi connectivity index (χ0n) is 15.4. The van der Waals surface area contributed by atoms with Crippen LogP contribution >= 0.6 is 11.6 Å². The van der Waals surface area contributed by atoms with Crippen LogP contribution in [-0.4, -0.2) is 44.8 Å². The molecule has 3 N–H and O–H groups in total. The van der Waals surface area contributed by atoms with Crippen LogP contribution in [-0.2, 0) is 0 Å². The van der Waals surface area contributed by atoms with Gasteiger partial charge in [0, 0.05) is 25.0 Å². The van der Waals surface area contributed by atoms with Gasteiger partial charge < -0.3 is 11.1 Å². The predicted octanol–water partition coefficient (Wildman–Crippen LogP) is 3.14. The minimum atomic E-state index is -0.393. The van der Waals surface area contributed by atoms with E-state index in [9.17, 15) is 4.39 Å². The Bertz CT molecular complexity index is 963. The third kappa shape index (κ3) is 3.53. The number of rotatable bonds is 5. The molecule has 28 heavy (non-hydrogen) atoms. The molecule has 2 atom stereocenters. The van der Waals surface area contributed by atoms with Gasteiger partial charge in [0.05, 0.1) is 5.02 Å². The summed E-state index contributed by atoms with van der Waals surface area (Å²) < 4.78 is 15.6. The maximum Gasteiger partial charge on any atom is 0.181 e. The largest absolute Gasteiger partial charge is 0.393 e. The molecule has 0 aliphatic carbocycles. The summed E-state index contributed by atoms with van der Waals surface area (Å²) in [5.41, 5.74) is 7.60. The molecule has 0 amide bonds. The molecular weight excluding hydrogens is 381 g/mol. The van der Waals surface area contributed by atoms with E-state index in [-0.39, 0.29) is 17.0 Å². The number of hydrogen-bond donors (Lipinski definition) is 2. The van der Waals surface area contributed by atoms with Crippen molar-refractivity contribution in [3.8, 4) is 5.82 Å². The molecule has 4 rings (SSSR count). The Morgan fingerprint density at radius 3 is 2.96 bits per heavy atom. The Balaban J connectivity index is 1.53. The fourth-order valence-corrected chi connectivity index (χ4v) is 3.91. The minimum Gasteiger partial charge on any atom is -0.393 e. The fraction of sp³-hybridized carbons (Fsp3) is 0.316. The van der Waals surface area contributed by atoms with Crippen LogP contribution in [0.15, 0.2) is 43.0 Å².